The Morgan fingerprint density at radius 3 is 2.65 bits per heavy atom. The smallest absolute Gasteiger partial charge is 0.323 e. The summed E-state index contributed by atoms with van der Waals surface area (Å²) < 4.78 is 10.3. The highest BCUT2D eigenvalue weighted by Crippen LogP contribution is 2.31. The summed E-state index contributed by atoms with van der Waals surface area (Å²) in [5.74, 6) is 1.07. The van der Waals surface area contributed by atoms with Gasteiger partial charge in [0.15, 0.2) is 0 Å². The van der Waals surface area contributed by atoms with Crippen molar-refractivity contribution in [2.75, 3.05) is 13.7 Å². The second-order valence-electron chi connectivity index (χ2n) is 5.21. The quantitative estimate of drug-likeness (QED) is 0.747. The van der Waals surface area contributed by atoms with Crippen molar-refractivity contribution in [1.29, 1.82) is 0 Å². The second kappa shape index (κ2) is 6.97. The summed E-state index contributed by atoms with van der Waals surface area (Å²) >= 11 is 0. The lowest BCUT2D eigenvalue weighted by atomic mass is 9.80. The molecule has 4 nitrogen and oxygen atoms in total. The molecule has 100 valence electrons. The Morgan fingerprint density at radius 1 is 1.35 bits per heavy atom. The zero-order chi connectivity index (χ0) is 12.8. The number of methoxy groups -OCH3 is 1. The van der Waals surface area contributed by atoms with Crippen LogP contribution in [0, 0.1) is 11.8 Å². The second-order valence-corrected chi connectivity index (χ2v) is 5.21. The van der Waals surface area contributed by atoms with Crippen LogP contribution in [0.5, 0.6) is 0 Å². The van der Waals surface area contributed by atoms with Gasteiger partial charge in [0.1, 0.15) is 12.1 Å². The van der Waals surface area contributed by atoms with Crippen LogP contribution in [-0.4, -0.2) is 31.8 Å². The average Bonchev–Trinajstić information content (AvgIpc) is 2.30. The number of carbonyl (C=O) groups excluding carboxylic acids is 1. The first-order valence-corrected chi connectivity index (χ1v) is 6.49. The molecule has 0 spiro atoms. The zero-order valence-electron chi connectivity index (χ0n) is 11.1. The number of esters is 1. The van der Waals surface area contributed by atoms with Gasteiger partial charge in [-0.15, -0.1) is 0 Å². The first-order chi connectivity index (χ1) is 8.04. The van der Waals surface area contributed by atoms with Crippen molar-refractivity contribution in [2.24, 2.45) is 17.6 Å². The van der Waals surface area contributed by atoms with E-state index in [2.05, 4.69) is 13.8 Å². The van der Waals surface area contributed by atoms with Gasteiger partial charge in [-0.3, -0.25) is 4.79 Å². The van der Waals surface area contributed by atoms with E-state index in [9.17, 15) is 4.79 Å². The first-order valence-electron chi connectivity index (χ1n) is 6.49. The van der Waals surface area contributed by atoms with E-state index in [-0.39, 0.29) is 12.1 Å². The maximum absolute atomic E-state index is 11.7. The number of carbonyl (C=O) groups is 1. The third-order valence-electron chi connectivity index (χ3n) is 3.77. The minimum absolute atomic E-state index is 0.0577. The van der Waals surface area contributed by atoms with Gasteiger partial charge in [-0.05, 0) is 37.5 Å². The minimum atomic E-state index is -0.551. The first kappa shape index (κ1) is 14.5. The number of nitrogens with two attached hydrogens (primary N) is 1. The van der Waals surface area contributed by atoms with Crippen molar-refractivity contribution < 1.29 is 14.3 Å². The van der Waals surface area contributed by atoms with Crippen molar-refractivity contribution in [3.63, 3.8) is 0 Å². The van der Waals surface area contributed by atoms with Gasteiger partial charge < -0.3 is 15.2 Å². The van der Waals surface area contributed by atoms with Crippen LogP contribution in [-0.2, 0) is 14.3 Å². The van der Waals surface area contributed by atoms with E-state index in [0.29, 0.717) is 18.9 Å². The van der Waals surface area contributed by atoms with E-state index in [0.717, 1.165) is 25.2 Å². The van der Waals surface area contributed by atoms with Crippen LogP contribution < -0.4 is 5.73 Å². The fourth-order valence-electron chi connectivity index (χ4n) is 2.22. The van der Waals surface area contributed by atoms with Crippen molar-refractivity contribution >= 4 is 5.97 Å². The van der Waals surface area contributed by atoms with E-state index in [1.165, 1.54) is 0 Å². The van der Waals surface area contributed by atoms with Crippen molar-refractivity contribution in [3.8, 4) is 0 Å². The molecule has 1 rings (SSSR count). The third kappa shape index (κ3) is 4.64. The van der Waals surface area contributed by atoms with E-state index in [4.69, 9.17) is 15.2 Å². The van der Waals surface area contributed by atoms with Gasteiger partial charge in [0, 0.05) is 13.7 Å². The normalized spacial score (nSPS) is 30.9. The Morgan fingerprint density at radius 2 is 2.06 bits per heavy atom. The lowest BCUT2D eigenvalue weighted by Crippen LogP contribution is -2.37. The van der Waals surface area contributed by atoms with Crippen LogP contribution in [0.25, 0.3) is 0 Å². The largest absolute Gasteiger partial charge is 0.461 e. The van der Waals surface area contributed by atoms with Gasteiger partial charge in [0.05, 0.1) is 0 Å². The number of hydrogen-bond donors (Lipinski definition) is 1. The standard InChI is InChI=1S/C13H25NO3/c1-9-4-5-11(8-10(9)2)17-13(15)12(14)6-7-16-3/h9-12H,4-8,14H2,1-3H3. The van der Waals surface area contributed by atoms with E-state index in [1.54, 1.807) is 7.11 Å². The van der Waals surface area contributed by atoms with Crippen LogP contribution in [0.2, 0.25) is 0 Å². The highest BCUT2D eigenvalue weighted by Gasteiger charge is 2.28. The average molecular weight is 243 g/mol. The van der Waals surface area contributed by atoms with E-state index >= 15 is 0 Å². The van der Waals surface area contributed by atoms with Crippen molar-refractivity contribution in [3.05, 3.63) is 0 Å². The molecular weight excluding hydrogens is 218 g/mol. The molecule has 0 aromatic rings. The van der Waals surface area contributed by atoms with Gasteiger partial charge in [0.2, 0.25) is 0 Å². The monoisotopic (exact) mass is 243 g/mol. The Hall–Kier alpha value is -0.610. The van der Waals surface area contributed by atoms with E-state index in [1.807, 2.05) is 0 Å². The molecule has 0 heterocycles. The molecule has 1 aliphatic rings. The van der Waals surface area contributed by atoms with Gasteiger partial charge in [-0.2, -0.15) is 0 Å². The Labute approximate surface area is 104 Å². The lowest BCUT2D eigenvalue weighted by molar-refractivity contribution is -0.153. The summed E-state index contributed by atoms with van der Waals surface area (Å²) in [6, 6.07) is -0.551. The molecule has 17 heavy (non-hydrogen) atoms. The highest BCUT2D eigenvalue weighted by molar-refractivity contribution is 5.75. The fraction of sp³-hybridized carbons (Fsp3) is 0.923. The fourth-order valence-corrected chi connectivity index (χ4v) is 2.22. The molecule has 0 bridgehead atoms. The van der Waals surface area contributed by atoms with Crippen LogP contribution in [0.15, 0.2) is 0 Å². The molecular formula is C13H25NO3. The molecule has 0 aromatic heterocycles. The maximum Gasteiger partial charge on any atom is 0.323 e. The number of ether oxygens (including phenoxy) is 2. The topological polar surface area (TPSA) is 61.5 Å². The molecule has 2 N–H and O–H groups in total. The van der Waals surface area contributed by atoms with Crippen molar-refractivity contribution in [2.45, 2.75) is 51.7 Å². The summed E-state index contributed by atoms with van der Waals surface area (Å²) in [4.78, 5) is 11.7. The molecule has 0 radical (unpaired) electrons. The zero-order valence-corrected chi connectivity index (χ0v) is 11.1. The molecule has 1 fully saturated rings. The van der Waals surface area contributed by atoms with Gasteiger partial charge in [-0.25, -0.2) is 0 Å². The van der Waals surface area contributed by atoms with Gasteiger partial charge >= 0.3 is 5.97 Å². The minimum Gasteiger partial charge on any atom is -0.461 e. The van der Waals surface area contributed by atoms with E-state index < -0.39 is 6.04 Å². The van der Waals surface area contributed by atoms with Crippen molar-refractivity contribution in [1.82, 2.24) is 0 Å². The summed E-state index contributed by atoms with van der Waals surface area (Å²) in [5, 5.41) is 0. The summed E-state index contributed by atoms with van der Waals surface area (Å²) in [6.07, 6.45) is 3.64. The van der Waals surface area contributed by atoms with Crippen LogP contribution in [0.3, 0.4) is 0 Å². The number of rotatable bonds is 5. The van der Waals surface area contributed by atoms with Gasteiger partial charge in [-0.1, -0.05) is 13.8 Å². The molecule has 4 heteroatoms. The van der Waals surface area contributed by atoms with Gasteiger partial charge in [0.25, 0.3) is 0 Å². The SMILES string of the molecule is COCCC(N)C(=O)OC1CCC(C)C(C)C1. The summed E-state index contributed by atoms with van der Waals surface area (Å²) in [7, 11) is 1.60. The molecule has 0 amide bonds. The Balaban J connectivity index is 2.31. The number of hydrogen-bond acceptors (Lipinski definition) is 4. The third-order valence-corrected chi connectivity index (χ3v) is 3.77. The molecule has 0 aromatic carbocycles. The summed E-state index contributed by atoms with van der Waals surface area (Å²) in [5.41, 5.74) is 5.73. The van der Waals surface area contributed by atoms with Crippen LogP contribution in [0.4, 0.5) is 0 Å². The predicted octanol–water partition coefficient (Wildman–Crippen LogP) is 1.72. The molecule has 1 saturated carbocycles. The molecule has 4 unspecified atom stereocenters. The predicted molar refractivity (Wildman–Crippen MR) is 66.5 cm³/mol. The van der Waals surface area contributed by atoms with Crippen LogP contribution in [0.1, 0.15) is 39.5 Å². The Kier molecular flexibility index (Phi) is 5.92. The lowest BCUT2D eigenvalue weighted by Gasteiger charge is -2.32. The highest BCUT2D eigenvalue weighted by atomic mass is 16.5. The Bertz CT molecular complexity index is 245. The maximum atomic E-state index is 11.7. The molecule has 4 atom stereocenters. The summed E-state index contributed by atoms with van der Waals surface area (Å²) in [6.45, 7) is 4.97. The van der Waals surface area contributed by atoms with Crippen LogP contribution >= 0.6 is 0 Å². The molecule has 0 saturated heterocycles. The molecule has 0 aliphatic heterocycles. The molecule has 1 aliphatic carbocycles.